The lowest BCUT2D eigenvalue weighted by atomic mass is 10.1. The summed E-state index contributed by atoms with van der Waals surface area (Å²) in [6.45, 7) is 0. The van der Waals surface area contributed by atoms with E-state index in [4.69, 9.17) is 16.0 Å². The molecule has 2 rings (SSSR count). The zero-order chi connectivity index (χ0) is 20.5. The molecular formula is C19H19ClN2O5S. The van der Waals surface area contributed by atoms with Gasteiger partial charge in [-0.25, -0.2) is 4.79 Å². The summed E-state index contributed by atoms with van der Waals surface area (Å²) >= 11 is 7.34. The average molecular weight is 423 g/mol. The molecule has 7 nitrogen and oxygen atoms in total. The number of hydrogen-bond donors (Lipinski definition) is 3. The van der Waals surface area contributed by atoms with Crippen molar-refractivity contribution < 1.29 is 23.9 Å². The van der Waals surface area contributed by atoms with E-state index in [0.717, 1.165) is 0 Å². The van der Waals surface area contributed by atoms with E-state index in [9.17, 15) is 19.5 Å². The van der Waals surface area contributed by atoms with Crippen molar-refractivity contribution in [2.45, 2.75) is 12.5 Å². The van der Waals surface area contributed by atoms with Gasteiger partial charge in [-0.1, -0.05) is 23.7 Å². The first kappa shape index (κ1) is 21.6. The molecule has 148 valence electrons. The molecule has 0 fully saturated rings. The standard InChI is InChI=1S/C19H19ClN2O5S/c1-28-10-8-14(19(25)26)21-17(23)15(11-12-4-6-13(20)7-5-12)22-18(24)16-3-2-9-27-16/h2-7,9,11,14H,8,10H2,1H3,(H,21,23)(H,22,24)(H,25,26). The molecule has 1 unspecified atom stereocenters. The molecule has 1 aromatic carbocycles. The Morgan fingerprint density at radius 3 is 2.54 bits per heavy atom. The molecule has 1 heterocycles. The first-order chi connectivity index (χ1) is 13.4. The van der Waals surface area contributed by atoms with Gasteiger partial charge in [0.2, 0.25) is 0 Å². The summed E-state index contributed by atoms with van der Waals surface area (Å²) in [4.78, 5) is 36.4. The molecule has 2 amide bonds. The highest BCUT2D eigenvalue weighted by molar-refractivity contribution is 7.98. The molecule has 1 atom stereocenters. The smallest absolute Gasteiger partial charge is 0.326 e. The fourth-order valence-corrected chi connectivity index (χ4v) is 2.80. The Balaban J connectivity index is 2.25. The third-order valence-electron chi connectivity index (χ3n) is 3.63. The second kappa shape index (κ2) is 10.6. The first-order valence-corrected chi connectivity index (χ1v) is 10.0. The van der Waals surface area contributed by atoms with Gasteiger partial charge in [-0.15, -0.1) is 0 Å². The number of hydrogen-bond acceptors (Lipinski definition) is 5. The van der Waals surface area contributed by atoms with E-state index in [1.165, 1.54) is 30.2 Å². The number of carboxylic acid groups (broad SMARTS) is 1. The molecule has 1 aromatic heterocycles. The van der Waals surface area contributed by atoms with Gasteiger partial charge in [0.05, 0.1) is 6.26 Å². The Kier molecular flexibility index (Phi) is 8.16. The molecule has 0 aliphatic carbocycles. The van der Waals surface area contributed by atoms with Crippen molar-refractivity contribution in [1.29, 1.82) is 0 Å². The lowest BCUT2D eigenvalue weighted by Gasteiger charge is -2.16. The minimum Gasteiger partial charge on any atom is -0.480 e. The third kappa shape index (κ3) is 6.47. The Labute approximate surface area is 171 Å². The minimum atomic E-state index is -1.15. The Morgan fingerprint density at radius 1 is 1.25 bits per heavy atom. The largest absolute Gasteiger partial charge is 0.480 e. The van der Waals surface area contributed by atoms with Crippen LogP contribution in [0.1, 0.15) is 22.5 Å². The normalized spacial score (nSPS) is 12.3. The van der Waals surface area contributed by atoms with Crippen molar-refractivity contribution in [2.75, 3.05) is 12.0 Å². The fraction of sp³-hybridized carbons (Fsp3) is 0.211. The molecule has 0 radical (unpaired) electrons. The SMILES string of the molecule is CSCCC(NC(=O)C(=Cc1ccc(Cl)cc1)NC(=O)c1ccco1)C(=O)O. The predicted octanol–water partition coefficient (Wildman–Crippen LogP) is 3.03. The number of thioether (sulfide) groups is 1. The number of nitrogens with one attached hydrogen (secondary N) is 2. The summed E-state index contributed by atoms with van der Waals surface area (Å²) in [7, 11) is 0. The Hall–Kier alpha value is -2.71. The zero-order valence-electron chi connectivity index (χ0n) is 15.0. The van der Waals surface area contributed by atoms with E-state index >= 15 is 0 Å². The van der Waals surface area contributed by atoms with Gasteiger partial charge in [-0.2, -0.15) is 11.8 Å². The highest BCUT2D eigenvalue weighted by Crippen LogP contribution is 2.13. The number of rotatable bonds is 9. The summed E-state index contributed by atoms with van der Waals surface area (Å²) in [5.41, 5.74) is 0.490. The van der Waals surface area contributed by atoms with Crippen molar-refractivity contribution in [1.82, 2.24) is 10.6 Å². The van der Waals surface area contributed by atoms with E-state index in [-0.39, 0.29) is 17.9 Å². The van der Waals surface area contributed by atoms with E-state index in [1.54, 1.807) is 30.3 Å². The quantitative estimate of drug-likeness (QED) is 0.536. The number of carbonyl (C=O) groups excluding carboxylic acids is 2. The maximum Gasteiger partial charge on any atom is 0.326 e. The van der Waals surface area contributed by atoms with E-state index in [1.807, 2.05) is 6.26 Å². The number of aliphatic carboxylic acids is 1. The first-order valence-electron chi connectivity index (χ1n) is 8.25. The van der Waals surface area contributed by atoms with Gasteiger partial charge >= 0.3 is 5.97 Å². The Bertz CT molecular complexity index is 850. The van der Waals surface area contributed by atoms with Gasteiger partial charge in [-0.05, 0) is 54.3 Å². The molecule has 0 spiro atoms. The van der Waals surface area contributed by atoms with Gasteiger partial charge in [0, 0.05) is 5.02 Å². The van der Waals surface area contributed by atoms with Crippen molar-refractivity contribution >= 4 is 47.2 Å². The van der Waals surface area contributed by atoms with Crippen molar-refractivity contribution in [3.05, 3.63) is 64.7 Å². The Morgan fingerprint density at radius 2 is 1.96 bits per heavy atom. The highest BCUT2D eigenvalue weighted by atomic mass is 35.5. The summed E-state index contributed by atoms with van der Waals surface area (Å²) in [6.07, 6.45) is 4.86. The molecule has 0 aliphatic rings. The number of benzene rings is 1. The molecule has 0 bridgehead atoms. The van der Waals surface area contributed by atoms with Gasteiger partial charge in [-0.3, -0.25) is 9.59 Å². The van der Waals surface area contributed by atoms with Crippen molar-refractivity contribution in [3.8, 4) is 0 Å². The predicted molar refractivity (Wildman–Crippen MR) is 108 cm³/mol. The monoisotopic (exact) mass is 422 g/mol. The number of amides is 2. The lowest BCUT2D eigenvalue weighted by Crippen LogP contribution is -2.44. The zero-order valence-corrected chi connectivity index (χ0v) is 16.5. The summed E-state index contributed by atoms with van der Waals surface area (Å²) < 4.78 is 5.03. The van der Waals surface area contributed by atoms with Gasteiger partial charge in [0.25, 0.3) is 11.8 Å². The average Bonchev–Trinajstić information content (AvgIpc) is 3.20. The van der Waals surface area contributed by atoms with E-state index < -0.39 is 23.8 Å². The highest BCUT2D eigenvalue weighted by Gasteiger charge is 2.23. The van der Waals surface area contributed by atoms with Crippen LogP contribution in [0.15, 0.2) is 52.8 Å². The fourth-order valence-electron chi connectivity index (χ4n) is 2.20. The molecule has 0 saturated carbocycles. The summed E-state index contributed by atoms with van der Waals surface area (Å²) in [5, 5.41) is 14.8. The molecule has 28 heavy (non-hydrogen) atoms. The molecule has 0 saturated heterocycles. The van der Waals surface area contributed by atoms with Crippen LogP contribution in [0, 0.1) is 0 Å². The molecule has 0 aliphatic heterocycles. The van der Waals surface area contributed by atoms with Crippen LogP contribution in [0.25, 0.3) is 6.08 Å². The maximum atomic E-state index is 12.7. The second-order valence-electron chi connectivity index (χ2n) is 5.69. The molecule has 3 N–H and O–H groups in total. The van der Waals surface area contributed by atoms with E-state index in [2.05, 4.69) is 10.6 Å². The number of furan rings is 1. The molecular weight excluding hydrogens is 404 g/mol. The van der Waals surface area contributed by atoms with Gasteiger partial charge in [0.15, 0.2) is 5.76 Å². The van der Waals surface area contributed by atoms with Crippen LogP contribution < -0.4 is 10.6 Å². The van der Waals surface area contributed by atoms with Crippen molar-refractivity contribution in [2.24, 2.45) is 0 Å². The van der Waals surface area contributed by atoms with Crippen LogP contribution in [0.4, 0.5) is 0 Å². The van der Waals surface area contributed by atoms with Crippen LogP contribution >= 0.6 is 23.4 Å². The number of carboxylic acids is 1. The van der Waals surface area contributed by atoms with Crippen molar-refractivity contribution in [3.63, 3.8) is 0 Å². The van der Waals surface area contributed by atoms with Crippen LogP contribution in [0.2, 0.25) is 5.02 Å². The number of carbonyl (C=O) groups is 3. The number of halogens is 1. The summed E-state index contributed by atoms with van der Waals surface area (Å²) in [5.74, 6) is -1.91. The molecule has 2 aromatic rings. The van der Waals surface area contributed by atoms with Crippen LogP contribution in [-0.2, 0) is 9.59 Å². The topological polar surface area (TPSA) is 109 Å². The minimum absolute atomic E-state index is 0.0203. The van der Waals surface area contributed by atoms with Gasteiger partial charge in [0.1, 0.15) is 11.7 Å². The maximum absolute atomic E-state index is 12.7. The van der Waals surface area contributed by atoms with Crippen LogP contribution in [0.5, 0.6) is 0 Å². The summed E-state index contributed by atoms with van der Waals surface area (Å²) in [6, 6.07) is 8.51. The lowest BCUT2D eigenvalue weighted by molar-refractivity contribution is -0.141. The second-order valence-corrected chi connectivity index (χ2v) is 7.11. The van der Waals surface area contributed by atoms with E-state index in [0.29, 0.717) is 16.3 Å². The van der Waals surface area contributed by atoms with Crippen LogP contribution in [-0.4, -0.2) is 40.9 Å². The molecule has 9 heteroatoms. The van der Waals surface area contributed by atoms with Gasteiger partial charge < -0.3 is 20.2 Å². The third-order valence-corrected chi connectivity index (χ3v) is 4.53. The van der Waals surface area contributed by atoms with Crippen LogP contribution in [0.3, 0.4) is 0 Å².